The van der Waals surface area contributed by atoms with Crippen molar-refractivity contribution in [1.29, 1.82) is 0 Å². The molecule has 0 bridgehead atoms. The summed E-state index contributed by atoms with van der Waals surface area (Å²) in [5.41, 5.74) is 0.300. The molecular weight excluding hydrogens is 222 g/mol. The summed E-state index contributed by atoms with van der Waals surface area (Å²) >= 11 is 0. The third-order valence-electron chi connectivity index (χ3n) is 2.59. The van der Waals surface area contributed by atoms with Gasteiger partial charge in [0.05, 0.1) is 7.11 Å². The molecule has 0 aromatic heterocycles. The molecule has 0 N–H and O–H groups in total. The zero-order valence-corrected chi connectivity index (χ0v) is 9.30. The Labute approximate surface area is 98.0 Å². The van der Waals surface area contributed by atoms with Crippen molar-refractivity contribution in [3.63, 3.8) is 0 Å². The fourth-order valence-electron chi connectivity index (χ4n) is 1.67. The van der Waals surface area contributed by atoms with Crippen LogP contribution in [-0.4, -0.2) is 29.7 Å². The molecule has 1 heterocycles. The summed E-state index contributed by atoms with van der Waals surface area (Å²) in [6.45, 7) is 0. The van der Waals surface area contributed by atoms with Crippen molar-refractivity contribution in [2.24, 2.45) is 0 Å². The maximum atomic E-state index is 11.9. The second kappa shape index (κ2) is 4.37. The minimum absolute atomic E-state index is 0.112. The molecule has 0 spiro atoms. The first-order chi connectivity index (χ1) is 8.13. The number of likely N-dealkylation sites (tertiary alicyclic amines) is 1. The van der Waals surface area contributed by atoms with Crippen molar-refractivity contribution in [2.45, 2.75) is 12.8 Å². The maximum absolute atomic E-state index is 11.9. The molecule has 1 aliphatic rings. The highest BCUT2D eigenvalue weighted by molar-refractivity contribution is 6.19. The number of ether oxygens (including phenoxy) is 1. The summed E-state index contributed by atoms with van der Waals surface area (Å²) in [6.07, 6.45) is 0.224. The summed E-state index contributed by atoms with van der Waals surface area (Å²) in [4.78, 5) is 35.4. The Bertz CT molecular complexity index is 462. The molecule has 0 saturated carbocycles. The molecule has 3 amide bonds. The highest BCUT2D eigenvalue weighted by Gasteiger charge is 2.34. The maximum Gasteiger partial charge on any atom is 0.267 e. The molecule has 5 nitrogen and oxygen atoms in total. The number of benzene rings is 1. The topological polar surface area (TPSA) is 63.7 Å². The predicted molar refractivity (Wildman–Crippen MR) is 58.4 cm³/mol. The number of carbonyl (C=O) groups is 3. The van der Waals surface area contributed by atoms with Gasteiger partial charge in [-0.15, -0.1) is 0 Å². The number of hydrogen-bond acceptors (Lipinski definition) is 4. The molecule has 88 valence electrons. The second-order valence-electron chi connectivity index (χ2n) is 3.66. The largest absolute Gasteiger partial charge is 0.497 e. The van der Waals surface area contributed by atoms with E-state index in [1.54, 1.807) is 12.1 Å². The SMILES string of the molecule is COc1ccc(C(=O)N2C(=O)CCC2=O)cc1. The van der Waals surface area contributed by atoms with E-state index in [9.17, 15) is 14.4 Å². The number of methoxy groups -OCH3 is 1. The van der Waals surface area contributed by atoms with Gasteiger partial charge in [0.1, 0.15) is 5.75 Å². The lowest BCUT2D eigenvalue weighted by Crippen LogP contribution is -2.35. The third-order valence-corrected chi connectivity index (χ3v) is 2.59. The summed E-state index contributed by atoms with van der Waals surface area (Å²) < 4.78 is 4.96. The normalized spacial score (nSPS) is 15.2. The van der Waals surface area contributed by atoms with E-state index in [0.29, 0.717) is 16.2 Å². The van der Waals surface area contributed by atoms with Crippen LogP contribution in [0.2, 0.25) is 0 Å². The minimum Gasteiger partial charge on any atom is -0.497 e. The molecular formula is C12H11NO4. The van der Waals surface area contributed by atoms with E-state index in [-0.39, 0.29) is 12.8 Å². The quantitative estimate of drug-likeness (QED) is 0.714. The van der Waals surface area contributed by atoms with Crippen molar-refractivity contribution >= 4 is 17.7 Å². The van der Waals surface area contributed by atoms with Crippen LogP contribution in [0, 0.1) is 0 Å². The highest BCUT2D eigenvalue weighted by Crippen LogP contribution is 2.18. The van der Waals surface area contributed by atoms with Gasteiger partial charge in [0, 0.05) is 18.4 Å². The fraction of sp³-hybridized carbons (Fsp3) is 0.250. The lowest BCUT2D eigenvalue weighted by molar-refractivity contribution is -0.134. The average Bonchev–Trinajstić information content (AvgIpc) is 2.68. The van der Waals surface area contributed by atoms with Gasteiger partial charge in [0.2, 0.25) is 11.8 Å². The van der Waals surface area contributed by atoms with E-state index in [0.717, 1.165) is 0 Å². The van der Waals surface area contributed by atoms with Gasteiger partial charge >= 0.3 is 0 Å². The molecule has 0 unspecified atom stereocenters. The van der Waals surface area contributed by atoms with E-state index in [1.807, 2.05) is 0 Å². The van der Waals surface area contributed by atoms with Crippen LogP contribution < -0.4 is 4.74 Å². The van der Waals surface area contributed by atoms with Gasteiger partial charge in [-0.1, -0.05) is 0 Å². The summed E-state index contributed by atoms with van der Waals surface area (Å²) in [6, 6.07) is 6.27. The smallest absolute Gasteiger partial charge is 0.267 e. The zero-order valence-electron chi connectivity index (χ0n) is 9.30. The van der Waals surface area contributed by atoms with Crippen LogP contribution in [0.4, 0.5) is 0 Å². The van der Waals surface area contributed by atoms with Crippen molar-refractivity contribution in [3.05, 3.63) is 29.8 Å². The van der Waals surface area contributed by atoms with Gasteiger partial charge in [-0.05, 0) is 24.3 Å². The van der Waals surface area contributed by atoms with Crippen LogP contribution >= 0.6 is 0 Å². The summed E-state index contributed by atoms with van der Waals surface area (Å²) in [5, 5.41) is 0. The molecule has 1 fully saturated rings. The first-order valence-electron chi connectivity index (χ1n) is 5.17. The van der Waals surface area contributed by atoms with Gasteiger partial charge in [-0.3, -0.25) is 14.4 Å². The Hall–Kier alpha value is -2.17. The predicted octanol–water partition coefficient (Wildman–Crippen LogP) is 0.984. The monoisotopic (exact) mass is 233 g/mol. The molecule has 17 heavy (non-hydrogen) atoms. The standard InChI is InChI=1S/C12H11NO4/c1-17-9-4-2-8(3-5-9)12(16)13-10(14)6-7-11(13)15/h2-5H,6-7H2,1H3. The lowest BCUT2D eigenvalue weighted by atomic mass is 10.2. The van der Waals surface area contributed by atoms with E-state index >= 15 is 0 Å². The number of imide groups is 3. The van der Waals surface area contributed by atoms with Crippen LogP contribution in [0.3, 0.4) is 0 Å². The van der Waals surface area contributed by atoms with Crippen LogP contribution in [-0.2, 0) is 9.59 Å². The zero-order chi connectivity index (χ0) is 12.4. The number of nitrogens with zero attached hydrogens (tertiary/aromatic N) is 1. The van der Waals surface area contributed by atoms with Crippen molar-refractivity contribution in [1.82, 2.24) is 4.90 Å². The van der Waals surface area contributed by atoms with Crippen LogP contribution in [0.5, 0.6) is 5.75 Å². The fourth-order valence-corrected chi connectivity index (χ4v) is 1.67. The van der Waals surface area contributed by atoms with Gasteiger partial charge in [-0.25, -0.2) is 4.90 Å². The van der Waals surface area contributed by atoms with Crippen molar-refractivity contribution in [3.8, 4) is 5.75 Å². The number of rotatable bonds is 2. The number of carbonyl (C=O) groups excluding carboxylic acids is 3. The van der Waals surface area contributed by atoms with E-state index in [4.69, 9.17) is 4.74 Å². The Balaban J connectivity index is 2.24. The molecule has 0 radical (unpaired) electrons. The Morgan fingerprint density at radius 3 is 2.12 bits per heavy atom. The molecule has 2 rings (SSSR count). The first-order valence-corrected chi connectivity index (χ1v) is 5.17. The molecule has 0 atom stereocenters. The molecule has 1 aliphatic heterocycles. The Kier molecular flexibility index (Phi) is 2.91. The van der Waals surface area contributed by atoms with Gasteiger partial charge in [0.15, 0.2) is 0 Å². The Morgan fingerprint density at radius 2 is 1.65 bits per heavy atom. The van der Waals surface area contributed by atoms with Gasteiger partial charge in [-0.2, -0.15) is 0 Å². The molecule has 0 aliphatic carbocycles. The third kappa shape index (κ3) is 2.04. The van der Waals surface area contributed by atoms with Crippen molar-refractivity contribution in [2.75, 3.05) is 7.11 Å². The number of amides is 3. The highest BCUT2D eigenvalue weighted by atomic mass is 16.5. The average molecular weight is 233 g/mol. The van der Waals surface area contributed by atoms with Crippen LogP contribution in [0.1, 0.15) is 23.2 Å². The van der Waals surface area contributed by atoms with Crippen LogP contribution in [0.15, 0.2) is 24.3 Å². The van der Waals surface area contributed by atoms with E-state index in [1.165, 1.54) is 19.2 Å². The lowest BCUT2D eigenvalue weighted by Gasteiger charge is -2.11. The Morgan fingerprint density at radius 1 is 1.12 bits per heavy atom. The molecule has 1 saturated heterocycles. The van der Waals surface area contributed by atoms with E-state index in [2.05, 4.69) is 0 Å². The van der Waals surface area contributed by atoms with Crippen LogP contribution in [0.25, 0.3) is 0 Å². The van der Waals surface area contributed by atoms with Crippen molar-refractivity contribution < 1.29 is 19.1 Å². The van der Waals surface area contributed by atoms with Gasteiger partial charge in [0.25, 0.3) is 5.91 Å². The molecule has 5 heteroatoms. The number of hydrogen-bond donors (Lipinski definition) is 0. The molecule has 1 aromatic carbocycles. The van der Waals surface area contributed by atoms with Gasteiger partial charge < -0.3 is 4.74 Å². The van der Waals surface area contributed by atoms with E-state index < -0.39 is 17.7 Å². The minimum atomic E-state index is -0.569. The molecule has 1 aromatic rings. The summed E-state index contributed by atoms with van der Waals surface area (Å²) in [5.74, 6) is -0.826. The second-order valence-corrected chi connectivity index (χ2v) is 3.66. The first kappa shape index (κ1) is 11.3. The summed E-state index contributed by atoms with van der Waals surface area (Å²) in [7, 11) is 1.52.